The number of nitrogens with one attached hydrogen (secondary N) is 1. The predicted molar refractivity (Wildman–Crippen MR) is 117 cm³/mol. The molecule has 2 amide bonds. The summed E-state index contributed by atoms with van der Waals surface area (Å²) in [6.07, 6.45) is 4.46. The van der Waals surface area contributed by atoms with Crippen LogP contribution in [0.5, 0.6) is 0 Å². The Morgan fingerprint density at radius 3 is 2.53 bits per heavy atom. The molecule has 0 aliphatic carbocycles. The fourth-order valence-electron chi connectivity index (χ4n) is 3.48. The van der Waals surface area contributed by atoms with Gasteiger partial charge in [0.1, 0.15) is 6.04 Å². The van der Waals surface area contributed by atoms with Gasteiger partial charge in [-0.3, -0.25) is 9.59 Å². The van der Waals surface area contributed by atoms with Crippen LogP contribution in [0.1, 0.15) is 35.4 Å². The molecule has 30 heavy (non-hydrogen) atoms. The molecule has 2 heterocycles. The summed E-state index contributed by atoms with van der Waals surface area (Å²) in [5, 5.41) is 2.85. The summed E-state index contributed by atoms with van der Waals surface area (Å²) in [4.78, 5) is 27.5. The standard InChI is InChI=1S/C22H29N3O4.ClH/c23-11-5-15-28-18-9-12-25(13-10-18)22(27)19(16-17-6-2-1-3-7-17)24-21(26)20-8-4-14-29-20;/h1-4,6-8,14,18-19H,5,9-13,15-16,23H2,(H,24,26);1H. The van der Waals surface area contributed by atoms with Crippen LogP contribution in [0, 0.1) is 0 Å². The van der Waals surface area contributed by atoms with Crippen LogP contribution >= 0.6 is 12.4 Å². The normalized spacial score (nSPS) is 15.3. The van der Waals surface area contributed by atoms with Crippen LogP contribution < -0.4 is 11.1 Å². The Morgan fingerprint density at radius 2 is 1.90 bits per heavy atom. The smallest absolute Gasteiger partial charge is 0.287 e. The van der Waals surface area contributed by atoms with Crippen molar-refractivity contribution in [3.05, 3.63) is 60.1 Å². The molecular formula is C22H30ClN3O4. The molecule has 1 unspecified atom stereocenters. The van der Waals surface area contributed by atoms with E-state index in [1.165, 1.54) is 6.26 Å². The largest absolute Gasteiger partial charge is 0.459 e. The molecule has 164 valence electrons. The molecule has 7 nitrogen and oxygen atoms in total. The second-order valence-electron chi connectivity index (χ2n) is 7.23. The molecule has 2 aromatic rings. The van der Waals surface area contributed by atoms with E-state index in [4.69, 9.17) is 14.9 Å². The number of rotatable bonds is 9. The summed E-state index contributed by atoms with van der Waals surface area (Å²) < 4.78 is 11.0. The van der Waals surface area contributed by atoms with Gasteiger partial charge in [0.2, 0.25) is 5.91 Å². The molecule has 0 spiro atoms. The Hall–Kier alpha value is -2.35. The first-order valence-electron chi connectivity index (χ1n) is 10.2. The minimum Gasteiger partial charge on any atom is -0.459 e. The molecule has 1 aliphatic heterocycles. The van der Waals surface area contributed by atoms with Crippen LogP contribution in [0.2, 0.25) is 0 Å². The molecule has 1 atom stereocenters. The van der Waals surface area contributed by atoms with E-state index in [9.17, 15) is 9.59 Å². The lowest BCUT2D eigenvalue weighted by Crippen LogP contribution is -2.52. The van der Waals surface area contributed by atoms with Crippen molar-refractivity contribution in [1.29, 1.82) is 0 Å². The summed E-state index contributed by atoms with van der Waals surface area (Å²) in [6, 6.07) is 12.3. The van der Waals surface area contributed by atoms with E-state index in [1.54, 1.807) is 12.1 Å². The number of hydrogen-bond donors (Lipinski definition) is 2. The Labute approximate surface area is 183 Å². The fraction of sp³-hybridized carbons (Fsp3) is 0.455. The predicted octanol–water partition coefficient (Wildman–Crippen LogP) is 2.40. The molecule has 3 N–H and O–H groups in total. The van der Waals surface area contributed by atoms with Crippen molar-refractivity contribution in [2.45, 2.75) is 37.8 Å². The topological polar surface area (TPSA) is 97.8 Å². The molecule has 8 heteroatoms. The molecule has 0 bridgehead atoms. The van der Waals surface area contributed by atoms with Gasteiger partial charge in [-0.05, 0) is 43.5 Å². The number of halogens is 1. The zero-order valence-electron chi connectivity index (χ0n) is 17.0. The molecule has 1 aromatic carbocycles. The maximum atomic E-state index is 13.2. The maximum absolute atomic E-state index is 13.2. The minimum atomic E-state index is -0.648. The highest BCUT2D eigenvalue weighted by Crippen LogP contribution is 2.16. The zero-order chi connectivity index (χ0) is 20.5. The monoisotopic (exact) mass is 435 g/mol. The van der Waals surface area contributed by atoms with Crippen LogP contribution in [0.25, 0.3) is 0 Å². The number of ether oxygens (including phenoxy) is 1. The lowest BCUT2D eigenvalue weighted by Gasteiger charge is -2.34. The van der Waals surface area contributed by atoms with Crippen LogP contribution in [0.3, 0.4) is 0 Å². The molecule has 0 radical (unpaired) electrons. The highest BCUT2D eigenvalue weighted by Gasteiger charge is 2.30. The summed E-state index contributed by atoms with van der Waals surface area (Å²) in [6.45, 7) is 2.51. The summed E-state index contributed by atoms with van der Waals surface area (Å²) in [5.74, 6) is -0.263. The van der Waals surface area contributed by atoms with Gasteiger partial charge in [0.15, 0.2) is 5.76 Å². The SMILES string of the molecule is Cl.NCCCOC1CCN(C(=O)C(Cc2ccccc2)NC(=O)c2ccco2)CC1. The van der Waals surface area contributed by atoms with Gasteiger partial charge in [0.05, 0.1) is 12.4 Å². The van der Waals surface area contributed by atoms with Crippen molar-refractivity contribution in [3.63, 3.8) is 0 Å². The van der Waals surface area contributed by atoms with Gasteiger partial charge in [0, 0.05) is 26.1 Å². The molecule has 0 saturated carbocycles. The van der Waals surface area contributed by atoms with E-state index >= 15 is 0 Å². The number of benzene rings is 1. The van der Waals surface area contributed by atoms with Gasteiger partial charge < -0.3 is 25.1 Å². The van der Waals surface area contributed by atoms with Gasteiger partial charge in [-0.1, -0.05) is 30.3 Å². The van der Waals surface area contributed by atoms with Crippen molar-refractivity contribution >= 4 is 24.2 Å². The average molecular weight is 436 g/mol. The van der Waals surface area contributed by atoms with E-state index in [-0.39, 0.29) is 36.1 Å². The van der Waals surface area contributed by atoms with Crippen LogP contribution in [0.15, 0.2) is 53.1 Å². The summed E-state index contributed by atoms with van der Waals surface area (Å²) in [7, 11) is 0. The van der Waals surface area contributed by atoms with E-state index in [1.807, 2.05) is 35.2 Å². The van der Waals surface area contributed by atoms with Crippen LogP contribution in [-0.4, -0.2) is 55.1 Å². The number of carbonyl (C=O) groups is 2. The van der Waals surface area contributed by atoms with E-state index in [0.29, 0.717) is 32.7 Å². The lowest BCUT2D eigenvalue weighted by molar-refractivity contribution is -0.135. The van der Waals surface area contributed by atoms with Crippen molar-refractivity contribution < 1.29 is 18.7 Å². The quantitative estimate of drug-likeness (QED) is 0.589. The second-order valence-corrected chi connectivity index (χ2v) is 7.23. The minimum absolute atomic E-state index is 0. The van der Waals surface area contributed by atoms with Crippen LogP contribution in [-0.2, 0) is 16.0 Å². The molecule has 1 fully saturated rings. The van der Waals surface area contributed by atoms with Gasteiger partial charge in [-0.2, -0.15) is 0 Å². The van der Waals surface area contributed by atoms with Crippen LogP contribution in [0.4, 0.5) is 0 Å². The van der Waals surface area contributed by atoms with Gasteiger partial charge in [-0.15, -0.1) is 12.4 Å². The Kier molecular flexibility index (Phi) is 9.86. The molecule has 3 rings (SSSR count). The lowest BCUT2D eigenvalue weighted by atomic mass is 10.0. The van der Waals surface area contributed by atoms with E-state index in [2.05, 4.69) is 5.32 Å². The second kappa shape index (κ2) is 12.4. The van der Waals surface area contributed by atoms with Crippen molar-refractivity contribution in [2.75, 3.05) is 26.2 Å². The third-order valence-corrected chi connectivity index (χ3v) is 5.09. The van der Waals surface area contributed by atoms with E-state index in [0.717, 1.165) is 24.8 Å². The number of carbonyl (C=O) groups excluding carboxylic acids is 2. The molecule has 1 aromatic heterocycles. The molecule has 1 saturated heterocycles. The number of hydrogen-bond acceptors (Lipinski definition) is 5. The maximum Gasteiger partial charge on any atom is 0.287 e. The summed E-state index contributed by atoms with van der Waals surface area (Å²) >= 11 is 0. The Bertz CT molecular complexity index is 762. The first kappa shape index (κ1) is 23.9. The zero-order valence-corrected chi connectivity index (χ0v) is 17.8. The molecule has 1 aliphatic rings. The summed E-state index contributed by atoms with van der Waals surface area (Å²) in [5.41, 5.74) is 6.49. The Morgan fingerprint density at radius 1 is 1.17 bits per heavy atom. The number of piperidine rings is 1. The van der Waals surface area contributed by atoms with Gasteiger partial charge in [0.25, 0.3) is 5.91 Å². The highest BCUT2D eigenvalue weighted by molar-refractivity contribution is 5.95. The third-order valence-electron chi connectivity index (χ3n) is 5.09. The average Bonchev–Trinajstić information content (AvgIpc) is 3.29. The number of nitrogens with zero attached hydrogens (tertiary/aromatic N) is 1. The van der Waals surface area contributed by atoms with Crippen molar-refractivity contribution in [3.8, 4) is 0 Å². The van der Waals surface area contributed by atoms with Gasteiger partial charge >= 0.3 is 0 Å². The van der Waals surface area contributed by atoms with E-state index < -0.39 is 6.04 Å². The Balaban J connectivity index is 0.00000320. The molecular weight excluding hydrogens is 406 g/mol. The highest BCUT2D eigenvalue weighted by atomic mass is 35.5. The number of furan rings is 1. The van der Waals surface area contributed by atoms with Gasteiger partial charge in [-0.25, -0.2) is 0 Å². The first-order chi connectivity index (χ1) is 14.2. The first-order valence-corrected chi connectivity index (χ1v) is 10.2. The third kappa shape index (κ3) is 6.86. The van der Waals surface area contributed by atoms with Crippen molar-refractivity contribution in [1.82, 2.24) is 10.2 Å². The number of nitrogens with two attached hydrogens (primary N) is 1. The van der Waals surface area contributed by atoms with Crippen molar-refractivity contribution in [2.24, 2.45) is 5.73 Å². The fourth-order valence-corrected chi connectivity index (χ4v) is 3.48. The number of likely N-dealkylation sites (tertiary alicyclic amines) is 1. The number of amides is 2.